The van der Waals surface area contributed by atoms with Crippen LogP contribution in [0.2, 0.25) is 0 Å². The molecular weight excluding hydrogens is 915 g/mol. The molecule has 0 spiro atoms. The largest absolute Gasteiger partial charge is 0.392 e. The molecule has 6 aliphatic heterocycles. The molecule has 1 aromatic carbocycles. The molecule has 372 valence electrons. The van der Waals surface area contributed by atoms with E-state index in [1.165, 1.54) is 15.8 Å². The van der Waals surface area contributed by atoms with E-state index in [4.69, 9.17) is 4.98 Å². The van der Waals surface area contributed by atoms with Crippen LogP contribution in [0.4, 0.5) is 23.0 Å². The summed E-state index contributed by atoms with van der Waals surface area (Å²) in [6, 6.07) is 13.2. The average Bonchev–Trinajstić information content (AvgIpc) is 3.94. The number of benzene rings is 1. The van der Waals surface area contributed by atoms with Crippen molar-refractivity contribution in [2.45, 2.75) is 110 Å². The van der Waals surface area contributed by atoms with Crippen molar-refractivity contribution in [3.63, 3.8) is 0 Å². The summed E-state index contributed by atoms with van der Waals surface area (Å²) in [7, 11) is 1.69. The number of aryl methyl sites for hydroxylation is 1. The molecule has 0 bridgehead atoms. The summed E-state index contributed by atoms with van der Waals surface area (Å²) >= 11 is 0. The van der Waals surface area contributed by atoms with Gasteiger partial charge >= 0.3 is 0 Å². The Morgan fingerprint density at radius 3 is 2.38 bits per heavy atom. The Kier molecular flexibility index (Phi) is 11.1. The number of imide groups is 2. The van der Waals surface area contributed by atoms with Crippen LogP contribution in [0, 0.1) is 5.41 Å². The number of nitrogens with one attached hydrogen (secondary N) is 2. The lowest BCUT2D eigenvalue weighted by molar-refractivity contribution is -0.136. The molecule has 3 N–H and O–H groups in total. The van der Waals surface area contributed by atoms with Crippen molar-refractivity contribution >= 4 is 52.5 Å². The third-order valence-corrected chi connectivity index (χ3v) is 16.5. The van der Waals surface area contributed by atoms with Crippen LogP contribution in [0.15, 0.2) is 65.8 Å². The van der Waals surface area contributed by atoms with Gasteiger partial charge in [0.25, 0.3) is 23.3 Å². The topological polar surface area (TPSA) is 199 Å². The summed E-state index contributed by atoms with van der Waals surface area (Å²) in [5, 5.41) is 16.4. The molecule has 3 fully saturated rings. The third-order valence-electron chi connectivity index (χ3n) is 16.5. The molecule has 0 radical (unpaired) electrons. The van der Waals surface area contributed by atoms with Gasteiger partial charge in [0, 0.05) is 107 Å². The van der Waals surface area contributed by atoms with Crippen LogP contribution in [-0.4, -0.2) is 125 Å². The Hall–Kier alpha value is -7.02. The molecule has 18 nitrogen and oxygen atoms in total. The number of carbonyl (C=O) groups is 5. The summed E-state index contributed by atoms with van der Waals surface area (Å²) in [5.74, 6) is -1.14. The lowest BCUT2D eigenvalue weighted by Gasteiger charge is -2.49. The normalized spacial score (nSPS) is 24.0. The molecule has 12 rings (SSSR count). The summed E-state index contributed by atoms with van der Waals surface area (Å²) in [6.45, 7) is 11.7. The molecule has 0 saturated carbocycles. The highest BCUT2D eigenvalue weighted by atomic mass is 16.3. The number of nitrogens with zero attached hydrogens (tertiary/aromatic N) is 9. The summed E-state index contributed by atoms with van der Waals surface area (Å²) in [5.41, 5.74) is 9.05. The number of aliphatic hydroxyl groups is 1. The van der Waals surface area contributed by atoms with Gasteiger partial charge < -0.3 is 24.5 Å². The van der Waals surface area contributed by atoms with Gasteiger partial charge in [-0.25, -0.2) is 9.97 Å². The van der Waals surface area contributed by atoms with E-state index >= 15 is 0 Å². The number of piperidine rings is 2. The zero-order chi connectivity index (χ0) is 49.9. The van der Waals surface area contributed by atoms with Gasteiger partial charge in [-0.2, -0.15) is 0 Å². The first-order valence-corrected chi connectivity index (χ1v) is 25.3. The molecule has 1 unspecified atom stereocenters. The fourth-order valence-corrected chi connectivity index (χ4v) is 12.9. The number of hydrogen-bond donors (Lipinski definition) is 3. The third kappa shape index (κ3) is 7.72. The lowest BCUT2D eigenvalue weighted by atomic mass is 9.84. The van der Waals surface area contributed by atoms with Gasteiger partial charge in [0.05, 0.1) is 29.6 Å². The second kappa shape index (κ2) is 17.3. The van der Waals surface area contributed by atoms with Gasteiger partial charge in [0.15, 0.2) is 0 Å². The molecule has 7 aliphatic rings. The molecule has 10 heterocycles. The number of carbonyl (C=O) groups excluding carboxylic acids is 5. The fraction of sp³-hybridized carbons (Fsp3) is 0.444. The van der Waals surface area contributed by atoms with Gasteiger partial charge in [-0.3, -0.25) is 53.7 Å². The number of amides is 5. The van der Waals surface area contributed by atoms with Crippen LogP contribution < -0.4 is 26.0 Å². The first-order chi connectivity index (χ1) is 34.6. The SMILES string of the molecule is C[C@H]1CN([C@@H]2CCN3Cc4cc5c(cc4C[C@H]3C2)C(=O)N(C2CCC(=O)NC2=O)C5=O)CCN1c1ccc(Nc2cc(-c3ccnc(N4CCn5c(cc6c5CC(C)(C)C6)C4=O)c3CO)cn(C)c2=O)nc1. The lowest BCUT2D eigenvalue weighted by Crippen LogP contribution is -2.58. The van der Waals surface area contributed by atoms with Gasteiger partial charge in [-0.1, -0.05) is 13.8 Å². The average molecular weight is 974 g/mol. The summed E-state index contributed by atoms with van der Waals surface area (Å²) in [4.78, 5) is 98.7. The van der Waals surface area contributed by atoms with Gasteiger partial charge in [0.1, 0.15) is 29.1 Å². The summed E-state index contributed by atoms with van der Waals surface area (Å²) < 4.78 is 3.66. The minimum atomic E-state index is -0.984. The summed E-state index contributed by atoms with van der Waals surface area (Å²) in [6.07, 6.45) is 10.1. The number of piperazine rings is 1. The van der Waals surface area contributed by atoms with Gasteiger partial charge in [-0.05, 0) is 116 Å². The zero-order valence-corrected chi connectivity index (χ0v) is 41.1. The highest BCUT2D eigenvalue weighted by molar-refractivity contribution is 6.23. The van der Waals surface area contributed by atoms with Crippen molar-refractivity contribution in [2.75, 3.05) is 47.8 Å². The van der Waals surface area contributed by atoms with Crippen LogP contribution in [-0.2, 0) is 55.6 Å². The van der Waals surface area contributed by atoms with Crippen molar-refractivity contribution in [3.8, 4) is 11.1 Å². The van der Waals surface area contributed by atoms with E-state index in [0.29, 0.717) is 82.6 Å². The van der Waals surface area contributed by atoms with E-state index in [2.05, 4.69) is 55.7 Å². The van der Waals surface area contributed by atoms with Crippen molar-refractivity contribution in [2.24, 2.45) is 12.5 Å². The van der Waals surface area contributed by atoms with E-state index in [9.17, 15) is 33.9 Å². The van der Waals surface area contributed by atoms with Crippen LogP contribution in [0.3, 0.4) is 0 Å². The van der Waals surface area contributed by atoms with Crippen LogP contribution in [0.5, 0.6) is 0 Å². The number of anilines is 4. The highest BCUT2D eigenvalue weighted by Crippen LogP contribution is 2.41. The fourth-order valence-electron chi connectivity index (χ4n) is 12.9. The first kappa shape index (κ1) is 46.1. The van der Waals surface area contributed by atoms with Gasteiger partial charge in [-0.15, -0.1) is 0 Å². The monoisotopic (exact) mass is 973 g/mol. The molecule has 1 aliphatic carbocycles. The maximum absolute atomic E-state index is 14.0. The Morgan fingerprint density at radius 1 is 0.819 bits per heavy atom. The molecular formula is C54H59N11O7. The van der Waals surface area contributed by atoms with E-state index in [-0.39, 0.29) is 42.4 Å². The second-order valence-corrected chi connectivity index (χ2v) is 21.7. The maximum atomic E-state index is 14.0. The Balaban J connectivity index is 0.692. The van der Waals surface area contributed by atoms with Crippen molar-refractivity contribution in [3.05, 3.63) is 116 Å². The van der Waals surface area contributed by atoms with Crippen LogP contribution >= 0.6 is 0 Å². The second-order valence-electron chi connectivity index (χ2n) is 21.7. The molecule has 18 heteroatoms. The molecule has 4 atom stereocenters. The molecule has 4 aromatic heterocycles. The molecule has 5 aromatic rings. The zero-order valence-electron chi connectivity index (χ0n) is 41.1. The Morgan fingerprint density at radius 2 is 1.62 bits per heavy atom. The Labute approximate surface area is 416 Å². The number of hydrogen-bond acceptors (Lipinski definition) is 13. The quantitative estimate of drug-likeness (QED) is 0.188. The smallest absolute Gasteiger partial charge is 0.276 e. The predicted octanol–water partition coefficient (Wildman–Crippen LogP) is 4.17. The van der Waals surface area contributed by atoms with Crippen LogP contribution in [0.25, 0.3) is 11.1 Å². The van der Waals surface area contributed by atoms with E-state index in [1.807, 2.05) is 36.5 Å². The minimum Gasteiger partial charge on any atom is -0.392 e. The molecule has 3 saturated heterocycles. The maximum Gasteiger partial charge on any atom is 0.276 e. The van der Waals surface area contributed by atoms with E-state index in [0.717, 1.165) is 80.0 Å². The van der Waals surface area contributed by atoms with Crippen LogP contribution in [0.1, 0.15) is 106 Å². The molecule has 72 heavy (non-hydrogen) atoms. The highest BCUT2D eigenvalue weighted by Gasteiger charge is 2.46. The van der Waals surface area contributed by atoms with Crippen molar-refractivity contribution in [1.29, 1.82) is 0 Å². The Bertz CT molecular complexity index is 3200. The number of aliphatic hydroxyl groups excluding tert-OH is 1. The first-order valence-electron chi connectivity index (χ1n) is 25.3. The van der Waals surface area contributed by atoms with Crippen molar-refractivity contribution in [1.82, 2.24) is 39.1 Å². The number of rotatable bonds is 8. The minimum absolute atomic E-state index is 0.0862. The number of pyridine rings is 3. The number of aromatic nitrogens is 4. The molecule has 5 amide bonds. The van der Waals surface area contributed by atoms with Crippen molar-refractivity contribution < 1.29 is 29.1 Å². The van der Waals surface area contributed by atoms with E-state index < -0.39 is 29.7 Å². The standard InChI is InChI=1S/C54H59N11O7/c1-30-26-61(35-10-12-60-28-33-19-40-39(18-31(33)17-37(60)22-35)50(69)65(51(40)70)43-6-8-47(67)58-49(43)68)13-14-62(30)36-5-7-46(56-25-36)57-42-20-34(27-59(4)52(42)71)38-9-11-55-48(41(38)29-66)64-16-15-63-44(53(64)72)21-32-23-54(2,3)24-45(32)63/h5,7,9,11,18-21,25,27,30,35,37,43,66H,6,8,10,12-17,22-24,26,28-29H2,1-4H3,(H,56,57)(H,58,67,68)/t30-,35+,37-,43?/m0/s1. The van der Waals surface area contributed by atoms with Gasteiger partial charge in [0.2, 0.25) is 11.8 Å². The van der Waals surface area contributed by atoms with E-state index in [1.54, 1.807) is 36.5 Å². The number of fused-ring (bicyclic) bond motifs is 6. The predicted molar refractivity (Wildman–Crippen MR) is 268 cm³/mol.